The molecule has 0 unspecified atom stereocenters. The number of nitrogens with two attached hydrogens (primary N) is 1. The molecule has 8 heteroatoms. The quantitative estimate of drug-likeness (QED) is 0.428. The maximum Gasteiger partial charge on any atom is 0.264 e. The van der Waals surface area contributed by atoms with Crippen molar-refractivity contribution in [2.45, 2.75) is 26.7 Å². The summed E-state index contributed by atoms with van der Waals surface area (Å²) in [6.07, 6.45) is 5.37. The molecule has 2 heterocycles. The van der Waals surface area contributed by atoms with E-state index in [1.165, 1.54) is 6.07 Å². The number of anilines is 1. The molecular weight excluding hydrogens is 344 g/mol. The number of ether oxygens (including phenoxy) is 1. The van der Waals surface area contributed by atoms with Crippen LogP contribution in [0.15, 0.2) is 35.4 Å². The lowest BCUT2D eigenvalue weighted by atomic mass is 10.1. The van der Waals surface area contributed by atoms with Gasteiger partial charge in [0, 0.05) is 35.9 Å². The number of rotatable bonds is 9. The molecule has 0 radical (unpaired) electrons. The molecular formula is C19H28N6O2. The van der Waals surface area contributed by atoms with Crippen LogP contribution in [0.5, 0.6) is 0 Å². The fourth-order valence-corrected chi connectivity index (χ4v) is 2.61. The van der Waals surface area contributed by atoms with Crippen LogP contribution in [-0.2, 0) is 4.74 Å². The zero-order valence-electron chi connectivity index (χ0n) is 15.9. The Labute approximate surface area is 158 Å². The molecule has 5 N–H and O–H groups in total. The highest BCUT2D eigenvalue weighted by atomic mass is 16.5. The van der Waals surface area contributed by atoms with Crippen LogP contribution >= 0.6 is 0 Å². The van der Waals surface area contributed by atoms with Crippen molar-refractivity contribution in [1.82, 2.24) is 20.4 Å². The van der Waals surface area contributed by atoms with E-state index in [0.29, 0.717) is 19.7 Å². The van der Waals surface area contributed by atoms with Gasteiger partial charge in [-0.25, -0.2) is 5.10 Å². The van der Waals surface area contributed by atoms with Crippen LogP contribution in [-0.4, -0.2) is 46.7 Å². The Morgan fingerprint density at radius 3 is 2.63 bits per heavy atom. The molecule has 0 aliphatic heterocycles. The average molecular weight is 372 g/mol. The molecule has 0 saturated carbocycles. The molecule has 0 saturated heterocycles. The second-order valence-corrected chi connectivity index (χ2v) is 5.72. The van der Waals surface area contributed by atoms with Crippen molar-refractivity contribution in [2.24, 2.45) is 5.73 Å². The lowest BCUT2D eigenvalue weighted by molar-refractivity contribution is 0.140. The van der Waals surface area contributed by atoms with Gasteiger partial charge in [-0.1, -0.05) is 13.8 Å². The van der Waals surface area contributed by atoms with E-state index in [2.05, 4.69) is 25.7 Å². The molecule has 0 aliphatic rings. The van der Waals surface area contributed by atoms with Crippen molar-refractivity contribution >= 4 is 16.6 Å². The SMILES string of the molecule is CC.NCCCCOCCNc1cc(-c2cn[nH]c(=O)c2)cc2[nH]ncc12. The lowest BCUT2D eigenvalue weighted by Gasteiger charge is -2.10. The topological polar surface area (TPSA) is 122 Å². The molecule has 0 bridgehead atoms. The third-order valence-corrected chi connectivity index (χ3v) is 3.86. The largest absolute Gasteiger partial charge is 0.382 e. The van der Waals surface area contributed by atoms with Crippen molar-refractivity contribution < 1.29 is 4.74 Å². The number of nitrogens with one attached hydrogen (secondary N) is 3. The minimum atomic E-state index is -0.234. The number of hydrogen-bond acceptors (Lipinski definition) is 6. The molecule has 2 aromatic heterocycles. The first-order valence-corrected chi connectivity index (χ1v) is 9.32. The van der Waals surface area contributed by atoms with Gasteiger partial charge in [-0.3, -0.25) is 9.89 Å². The van der Waals surface area contributed by atoms with Gasteiger partial charge in [-0.05, 0) is 37.1 Å². The summed E-state index contributed by atoms with van der Waals surface area (Å²) >= 11 is 0. The van der Waals surface area contributed by atoms with Crippen molar-refractivity contribution in [1.29, 1.82) is 0 Å². The van der Waals surface area contributed by atoms with Gasteiger partial charge in [0.2, 0.25) is 0 Å². The molecule has 0 atom stereocenters. The van der Waals surface area contributed by atoms with Crippen LogP contribution in [0.3, 0.4) is 0 Å². The van der Waals surface area contributed by atoms with Gasteiger partial charge in [0.15, 0.2) is 0 Å². The molecule has 0 amide bonds. The van der Waals surface area contributed by atoms with Gasteiger partial charge in [-0.2, -0.15) is 10.2 Å². The van der Waals surface area contributed by atoms with Gasteiger partial charge >= 0.3 is 0 Å². The van der Waals surface area contributed by atoms with Gasteiger partial charge < -0.3 is 15.8 Å². The fraction of sp³-hybridized carbons (Fsp3) is 0.421. The van der Waals surface area contributed by atoms with Crippen LogP contribution in [0, 0.1) is 0 Å². The second-order valence-electron chi connectivity index (χ2n) is 5.72. The Hall–Kier alpha value is -2.71. The summed E-state index contributed by atoms with van der Waals surface area (Å²) in [6.45, 7) is 6.71. The molecule has 146 valence electrons. The number of benzene rings is 1. The second kappa shape index (κ2) is 11.1. The Kier molecular flexibility index (Phi) is 8.47. The van der Waals surface area contributed by atoms with E-state index < -0.39 is 0 Å². The smallest absolute Gasteiger partial charge is 0.264 e. The summed E-state index contributed by atoms with van der Waals surface area (Å²) < 4.78 is 5.58. The number of nitrogens with zero attached hydrogens (tertiary/aromatic N) is 2. The van der Waals surface area contributed by atoms with Crippen LogP contribution in [0.1, 0.15) is 26.7 Å². The normalized spacial score (nSPS) is 10.5. The summed E-state index contributed by atoms with van der Waals surface area (Å²) in [4.78, 5) is 11.5. The van der Waals surface area contributed by atoms with Crippen LogP contribution in [0.25, 0.3) is 22.0 Å². The number of unbranched alkanes of at least 4 members (excludes halogenated alkanes) is 1. The summed E-state index contributed by atoms with van der Waals surface area (Å²) in [5.74, 6) is 0. The molecule has 8 nitrogen and oxygen atoms in total. The number of hydrogen-bond donors (Lipinski definition) is 4. The zero-order chi connectivity index (χ0) is 19.5. The van der Waals surface area contributed by atoms with Gasteiger partial charge in [0.05, 0.1) is 24.5 Å². The van der Waals surface area contributed by atoms with Crippen LogP contribution < -0.4 is 16.6 Å². The monoisotopic (exact) mass is 372 g/mol. The number of aromatic amines is 2. The minimum Gasteiger partial charge on any atom is -0.382 e. The standard InChI is InChI=1S/C17H22N6O2.C2H6/c18-3-1-2-5-25-6-4-19-15-7-12(8-16-14(15)11-21-22-16)13-9-17(24)23-20-10-13;1-2/h7-11,19H,1-6,18H2,(H,21,22)(H,23,24);1-2H3. The van der Waals surface area contributed by atoms with E-state index in [0.717, 1.165) is 47.2 Å². The van der Waals surface area contributed by atoms with E-state index in [9.17, 15) is 4.79 Å². The lowest BCUT2D eigenvalue weighted by Crippen LogP contribution is -2.11. The Morgan fingerprint density at radius 1 is 1.04 bits per heavy atom. The molecule has 1 aromatic carbocycles. The predicted molar refractivity (Wildman–Crippen MR) is 109 cm³/mol. The van der Waals surface area contributed by atoms with E-state index in [1.54, 1.807) is 12.4 Å². The number of H-pyrrole nitrogens is 2. The average Bonchev–Trinajstić information content (AvgIpc) is 3.17. The molecule has 3 aromatic rings. The van der Waals surface area contributed by atoms with Crippen LogP contribution in [0.2, 0.25) is 0 Å². The van der Waals surface area contributed by atoms with E-state index in [1.807, 2.05) is 26.0 Å². The van der Waals surface area contributed by atoms with E-state index in [4.69, 9.17) is 10.5 Å². The number of fused-ring (bicyclic) bond motifs is 1. The molecule has 27 heavy (non-hydrogen) atoms. The third kappa shape index (κ3) is 5.90. The third-order valence-electron chi connectivity index (χ3n) is 3.86. The summed E-state index contributed by atoms with van der Waals surface area (Å²) in [6, 6.07) is 5.46. The first-order chi connectivity index (χ1) is 13.3. The van der Waals surface area contributed by atoms with E-state index >= 15 is 0 Å². The Balaban J connectivity index is 0.00000126. The van der Waals surface area contributed by atoms with E-state index in [-0.39, 0.29) is 5.56 Å². The molecule has 3 rings (SSSR count). The van der Waals surface area contributed by atoms with Crippen molar-refractivity contribution in [3.05, 3.63) is 40.9 Å². The van der Waals surface area contributed by atoms with Gasteiger partial charge in [0.1, 0.15) is 0 Å². The molecule has 0 aliphatic carbocycles. The fourth-order valence-electron chi connectivity index (χ4n) is 2.61. The summed E-state index contributed by atoms with van der Waals surface area (Å²) in [7, 11) is 0. The Bertz CT molecular complexity index is 874. The zero-order valence-corrected chi connectivity index (χ0v) is 15.9. The molecule has 0 spiro atoms. The van der Waals surface area contributed by atoms with Crippen LogP contribution in [0.4, 0.5) is 5.69 Å². The highest BCUT2D eigenvalue weighted by Gasteiger charge is 2.08. The van der Waals surface area contributed by atoms with Gasteiger partial charge in [-0.15, -0.1) is 0 Å². The first kappa shape index (κ1) is 20.6. The predicted octanol–water partition coefficient (Wildman–Crippen LogP) is 2.51. The summed E-state index contributed by atoms with van der Waals surface area (Å²) in [5.41, 5.74) is 8.69. The molecule has 0 fully saturated rings. The van der Waals surface area contributed by atoms with Crippen molar-refractivity contribution in [3.8, 4) is 11.1 Å². The first-order valence-electron chi connectivity index (χ1n) is 9.32. The summed E-state index contributed by atoms with van der Waals surface area (Å²) in [5, 5.41) is 17.7. The number of aromatic nitrogens is 4. The minimum absolute atomic E-state index is 0.234. The van der Waals surface area contributed by atoms with Crippen molar-refractivity contribution in [2.75, 3.05) is 31.6 Å². The highest BCUT2D eigenvalue weighted by molar-refractivity contribution is 5.95. The maximum absolute atomic E-state index is 11.5. The highest BCUT2D eigenvalue weighted by Crippen LogP contribution is 2.29. The van der Waals surface area contributed by atoms with Gasteiger partial charge in [0.25, 0.3) is 5.56 Å². The maximum atomic E-state index is 11.5. The Morgan fingerprint density at radius 2 is 1.85 bits per heavy atom. The van der Waals surface area contributed by atoms with Crippen molar-refractivity contribution in [3.63, 3.8) is 0 Å².